The second kappa shape index (κ2) is 10.3. The summed E-state index contributed by atoms with van der Waals surface area (Å²) in [6, 6.07) is 12.2. The number of benzene rings is 1. The van der Waals surface area contributed by atoms with Gasteiger partial charge in [-0.3, -0.25) is 14.6 Å². The van der Waals surface area contributed by atoms with Crippen molar-refractivity contribution in [3.63, 3.8) is 0 Å². The number of unbranched alkanes of at least 4 members (excludes halogenated alkanes) is 1. The molecule has 0 bridgehead atoms. The maximum Gasteiger partial charge on any atom is 0.299 e. The van der Waals surface area contributed by atoms with E-state index in [0.717, 1.165) is 36.2 Å². The molecule has 3 aliphatic rings. The maximum absolute atomic E-state index is 12.9. The number of amidine groups is 1. The van der Waals surface area contributed by atoms with Gasteiger partial charge in [0.2, 0.25) is 5.70 Å². The molecule has 2 aromatic rings. The molecule has 2 unspecified atom stereocenters. The van der Waals surface area contributed by atoms with E-state index in [-0.39, 0.29) is 22.4 Å². The lowest BCUT2D eigenvalue weighted by atomic mass is 10.1. The smallest absolute Gasteiger partial charge is 0.299 e. The third-order valence-electron chi connectivity index (χ3n) is 6.53. The lowest BCUT2D eigenvalue weighted by molar-refractivity contribution is -0.750. The van der Waals surface area contributed by atoms with Gasteiger partial charge in [0.15, 0.2) is 0 Å². The molecule has 0 radical (unpaired) electrons. The van der Waals surface area contributed by atoms with Gasteiger partial charge in [0.05, 0.1) is 24.0 Å². The van der Waals surface area contributed by atoms with Crippen molar-refractivity contribution in [1.29, 1.82) is 0 Å². The van der Waals surface area contributed by atoms with Crippen LogP contribution in [-0.4, -0.2) is 50.9 Å². The highest BCUT2D eigenvalue weighted by Crippen LogP contribution is 2.37. The molecule has 1 saturated heterocycles. The summed E-state index contributed by atoms with van der Waals surface area (Å²) in [4.78, 5) is 40.7. The molecule has 3 N–H and O–H groups in total. The average Bonchev–Trinajstić information content (AvgIpc) is 3.52. The standard InChI is InChI=1S/C28H27N7O2/c1-2-3-4-10-25(36)34-17-7-8-22(34)26-23-19-30-16-18-35(23,29)27(33-26)20-11-13-21(14-12-20)28(37)32-24-9-5-6-15-31-24/h5-6,9,11-16,18-19,22H,2-3,7-8,17,29H2,1H3/p+1. The minimum absolute atomic E-state index is 0.154. The summed E-state index contributed by atoms with van der Waals surface area (Å²) < 4.78 is -0.154. The first kappa shape index (κ1) is 24.3. The number of amides is 2. The van der Waals surface area contributed by atoms with E-state index >= 15 is 0 Å². The molecule has 1 aromatic carbocycles. The number of pyridine rings is 1. The van der Waals surface area contributed by atoms with E-state index in [1.807, 2.05) is 25.1 Å². The summed E-state index contributed by atoms with van der Waals surface area (Å²) in [6.07, 6.45) is 9.99. The molecule has 9 nitrogen and oxygen atoms in total. The molecule has 3 aliphatic heterocycles. The molecule has 2 amide bonds. The van der Waals surface area contributed by atoms with Crippen molar-refractivity contribution in [2.75, 3.05) is 11.9 Å². The van der Waals surface area contributed by atoms with E-state index in [2.05, 4.69) is 27.1 Å². The van der Waals surface area contributed by atoms with Crippen molar-refractivity contribution in [2.45, 2.75) is 38.6 Å². The number of anilines is 1. The quantitative estimate of drug-likeness (QED) is 0.377. The Balaban J connectivity index is 1.43. The lowest BCUT2D eigenvalue weighted by Crippen LogP contribution is -2.53. The number of carbonyl (C=O) groups excluding carboxylic acids is 2. The second-order valence-electron chi connectivity index (χ2n) is 9.01. The molecule has 4 heterocycles. The van der Waals surface area contributed by atoms with E-state index in [9.17, 15) is 9.59 Å². The zero-order chi connectivity index (χ0) is 25.8. The summed E-state index contributed by atoms with van der Waals surface area (Å²) in [6.45, 7) is 2.66. The fourth-order valence-corrected chi connectivity index (χ4v) is 4.68. The molecule has 186 valence electrons. The predicted octanol–water partition coefficient (Wildman–Crippen LogP) is 3.35. The van der Waals surface area contributed by atoms with Gasteiger partial charge >= 0.3 is 0 Å². The van der Waals surface area contributed by atoms with E-state index in [0.29, 0.717) is 30.2 Å². The summed E-state index contributed by atoms with van der Waals surface area (Å²) in [5.74, 6) is 13.2. The number of hydrogen-bond donors (Lipinski definition) is 2. The number of nitrogens with zero attached hydrogens (tertiary/aromatic N) is 5. The summed E-state index contributed by atoms with van der Waals surface area (Å²) in [5, 5.41) is 2.78. The van der Waals surface area contributed by atoms with Crippen molar-refractivity contribution >= 4 is 29.7 Å². The Morgan fingerprint density at radius 3 is 2.81 bits per heavy atom. The Hall–Kier alpha value is -4.39. The van der Waals surface area contributed by atoms with Gasteiger partial charge < -0.3 is 10.2 Å². The van der Waals surface area contributed by atoms with Crippen LogP contribution in [0.1, 0.15) is 48.5 Å². The van der Waals surface area contributed by atoms with Crippen LogP contribution >= 0.6 is 0 Å². The molecule has 1 aromatic heterocycles. The van der Waals surface area contributed by atoms with E-state index < -0.39 is 0 Å². The fraction of sp³-hybridized carbons (Fsp3) is 0.250. The number of rotatable bonds is 5. The Labute approximate surface area is 215 Å². The number of carbonyl (C=O) groups is 2. The Morgan fingerprint density at radius 1 is 1.22 bits per heavy atom. The van der Waals surface area contributed by atoms with Gasteiger partial charge in [0, 0.05) is 24.7 Å². The van der Waals surface area contributed by atoms with Crippen molar-refractivity contribution in [1.82, 2.24) is 9.88 Å². The molecular formula is C28H28N7O2+. The summed E-state index contributed by atoms with van der Waals surface area (Å²) >= 11 is 0. The molecule has 37 heavy (non-hydrogen) atoms. The highest BCUT2D eigenvalue weighted by atomic mass is 16.2. The first-order valence-corrected chi connectivity index (χ1v) is 12.4. The van der Waals surface area contributed by atoms with Crippen LogP contribution < -0.4 is 11.2 Å². The zero-order valence-corrected chi connectivity index (χ0v) is 20.6. The van der Waals surface area contributed by atoms with Crippen molar-refractivity contribution < 1.29 is 14.2 Å². The second-order valence-corrected chi connectivity index (χ2v) is 9.01. The number of hydrogen-bond acceptors (Lipinski definition) is 6. The monoisotopic (exact) mass is 494 g/mol. The van der Waals surface area contributed by atoms with Gasteiger partial charge in [-0.25, -0.2) is 4.98 Å². The number of aliphatic imine (C=N–C) groups is 2. The van der Waals surface area contributed by atoms with Crippen LogP contribution in [0.25, 0.3) is 0 Å². The minimum Gasteiger partial charge on any atom is -0.323 e. The first-order valence-electron chi connectivity index (χ1n) is 12.4. The van der Waals surface area contributed by atoms with Gasteiger partial charge in [-0.05, 0) is 61.6 Å². The maximum atomic E-state index is 12.9. The molecule has 0 aliphatic carbocycles. The predicted molar refractivity (Wildman–Crippen MR) is 142 cm³/mol. The SMILES string of the molecule is CCCC#CC(=O)N1CCCC1C1=C2C=NC=C[N+]2(N)C(c2ccc(C(=O)Nc3ccccn3)cc2)=N1. The van der Waals surface area contributed by atoms with Crippen molar-refractivity contribution in [3.05, 3.63) is 83.6 Å². The van der Waals surface area contributed by atoms with Crippen LogP contribution in [0, 0.1) is 11.8 Å². The van der Waals surface area contributed by atoms with Gasteiger partial charge in [-0.1, -0.05) is 18.9 Å². The number of likely N-dealkylation sites (tertiary alicyclic amines) is 1. The van der Waals surface area contributed by atoms with Crippen molar-refractivity contribution in [3.8, 4) is 11.8 Å². The first-order chi connectivity index (χ1) is 18.0. The Bertz CT molecular complexity index is 1400. The van der Waals surface area contributed by atoms with Crippen LogP contribution in [0.15, 0.2) is 82.4 Å². The van der Waals surface area contributed by atoms with Crippen LogP contribution in [0.2, 0.25) is 0 Å². The van der Waals surface area contributed by atoms with Crippen LogP contribution in [0.4, 0.5) is 5.82 Å². The van der Waals surface area contributed by atoms with E-state index in [1.54, 1.807) is 54.0 Å². The van der Waals surface area contributed by atoms with Gasteiger partial charge in [-0.2, -0.15) is 10.8 Å². The van der Waals surface area contributed by atoms with Gasteiger partial charge in [-0.15, -0.1) is 4.59 Å². The highest BCUT2D eigenvalue weighted by molar-refractivity contribution is 6.05. The number of nitrogens with two attached hydrogens (primary N) is 1. The number of fused-ring (bicyclic) bond motifs is 1. The molecule has 2 atom stereocenters. The molecule has 0 spiro atoms. The number of quaternary nitrogens is 1. The normalized spacial score (nSPS) is 21.8. The molecular weight excluding hydrogens is 466 g/mol. The van der Waals surface area contributed by atoms with Crippen LogP contribution in [-0.2, 0) is 4.79 Å². The lowest BCUT2D eigenvalue weighted by Gasteiger charge is -2.27. The molecule has 0 saturated carbocycles. The van der Waals surface area contributed by atoms with Gasteiger partial charge in [0.25, 0.3) is 17.6 Å². The largest absolute Gasteiger partial charge is 0.323 e. The fourth-order valence-electron chi connectivity index (χ4n) is 4.68. The Morgan fingerprint density at radius 2 is 2.05 bits per heavy atom. The topological polar surface area (TPSA) is 113 Å². The minimum atomic E-state index is -0.260. The van der Waals surface area contributed by atoms with Crippen LogP contribution in [0.5, 0.6) is 0 Å². The molecule has 9 heteroatoms. The highest BCUT2D eigenvalue weighted by Gasteiger charge is 2.48. The summed E-state index contributed by atoms with van der Waals surface area (Å²) in [5.41, 5.74) is 2.70. The van der Waals surface area contributed by atoms with Crippen molar-refractivity contribution in [2.24, 2.45) is 15.8 Å². The number of nitrogens with one attached hydrogen (secondary N) is 1. The zero-order valence-electron chi connectivity index (χ0n) is 20.6. The third kappa shape index (κ3) is 4.72. The summed E-state index contributed by atoms with van der Waals surface area (Å²) in [7, 11) is 0. The molecule has 1 fully saturated rings. The van der Waals surface area contributed by atoms with Gasteiger partial charge in [0.1, 0.15) is 17.7 Å². The third-order valence-corrected chi connectivity index (χ3v) is 6.53. The van der Waals surface area contributed by atoms with E-state index in [4.69, 9.17) is 10.8 Å². The Kier molecular flexibility index (Phi) is 6.77. The number of aromatic nitrogens is 1. The molecule has 5 rings (SSSR count). The van der Waals surface area contributed by atoms with Crippen LogP contribution in [0.3, 0.4) is 0 Å². The average molecular weight is 495 g/mol. The number of allylic oxidation sites excluding steroid dienone is 1. The van der Waals surface area contributed by atoms with E-state index in [1.165, 1.54) is 0 Å².